The van der Waals surface area contributed by atoms with Crippen molar-refractivity contribution in [2.24, 2.45) is 0 Å². The molecule has 8 heteroatoms. The zero-order valence-corrected chi connectivity index (χ0v) is 12.4. The second-order valence-corrected chi connectivity index (χ2v) is 6.77. The van der Waals surface area contributed by atoms with E-state index in [-0.39, 0.29) is 17.7 Å². The van der Waals surface area contributed by atoms with Crippen molar-refractivity contribution in [1.29, 1.82) is 0 Å². The van der Waals surface area contributed by atoms with Gasteiger partial charge in [-0.05, 0) is 12.7 Å². The first kappa shape index (κ1) is 15.5. The molecule has 0 saturated heterocycles. The van der Waals surface area contributed by atoms with Crippen LogP contribution >= 0.6 is 11.8 Å². The van der Waals surface area contributed by atoms with Crippen LogP contribution in [0.5, 0.6) is 0 Å². The number of thioether (sulfide) groups is 1. The topological polar surface area (TPSA) is 86.3 Å². The molecule has 0 bridgehead atoms. The van der Waals surface area contributed by atoms with E-state index in [0.717, 1.165) is 12.2 Å². The number of sulfonamides is 1. The van der Waals surface area contributed by atoms with Crippen molar-refractivity contribution in [1.82, 2.24) is 14.5 Å². The van der Waals surface area contributed by atoms with Gasteiger partial charge in [-0.25, -0.2) is 8.42 Å². The summed E-state index contributed by atoms with van der Waals surface area (Å²) in [6.45, 7) is 1.60. The van der Waals surface area contributed by atoms with Crippen LogP contribution in [0.25, 0.3) is 0 Å². The molecule has 1 heterocycles. The molecular weight excluding hydrogens is 274 g/mol. The fraction of sp³-hybridized carbons (Fsp3) is 0.700. The summed E-state index contributed by atoms with van der Waals surface area (Å²) in [6.07, 6.45) is 4.01. The van der Waals surface area contributed by atoms with Crippen molar-refractivity contribution < 1.29 is 13.5 Å². The standard InChI is InChI=1S/C10H19N3O3S2/c1-4-9(7-17-3)13(2)18(15,16)10-8(6-14)5-11-12-10/h5,9,14H,4,6-7H2,1-3H3,(H,11,12). The Morgan fingerprint density at radius 1 is 1.61 bits per heavy atom. The van der Waals surface area contributed by atoms with Crippen LogP contribution in [-0.2, 0) is 16.6 Å². The second kappa shape index (κ2) is 6.55. The van der Waals surface area contributed by atoms with E-state index in [9.17, 15) is 8.42 Å². The molecule has 104 valence electrons. The first-order valence-electron chi connectivity index (χ1n) is 5.59. The number of nitrogens with zero attached hydrogens (tertiary/aromatic N) is 2. The summed E-state index contributed by atoms with van der Waals surface area (Å²) in [4.78, 5) is 0. The lowest BCUT2D eigenvalue weighted by Crippen LogP contribution is -2.38. The number of nitrogens with one attached hydrogen (secondary N) is 1. The summed E-state index contributed by atoms with van der Waals surface area (Å²) in [5, 5.41) is 15.2. The van der Waals surface area contributed by atoms with Gasteiger partial charge in [-0.3, -0.25) is 5.10 Å². The van der Waals surface area contributed by atoms with E-state index in [0.29, 0.717) is 5.56 Å². The van der Waals surface area contributed by atoms with Crippen LogP contribution in [-0.4, -0.2) is 53.1 Å². The Bertz CT molecular complexity index is 472. The van der Waals surface area contributed by atoms with Crippen LogP contribution in [0.4, 0.5) is 0 Å². The maximum atomic E-state index is 12.4. The van der Waals surface area contributed by atoms with Gasteiger partial charge < -0.3 is 5.11 Å². The summed E-state index contributed by atoms with van der Waals surface area (Å²) in [5.74, 6) is 0.731. The highest BCUT2D eigenvalue weighted by Gasteiger charge is 2.30. The van der Waals surface area contributed by atoms with E-state index in [4.69, 9.17) is 5.11 Å². The summed E-state index contributed by atoms with van der Waals surface area (Å²) in [6, 6.07) is -0.0696. The van der Waals surface area contributed by atoms with Gasteiger partial charge >= 0.3 is 0 Å². The smallest absolute Gasteiger partial charge is 0.260 e. The Hall–Kier alpha value is -0.570. The first-order valence-corrected chi connectivity index (χ1v) is 8.42. The lowest BCUT2D eigenvalue weighted by molar-refractivity contribution is 0.277. The van der Waals surface area contributed by atoms with Crippen molar-refractivity contribution in [2.75, 3.05) is 19.1 Å². The Labute approximate surface area is 112 Å². The molecule has 0 aliphatic heterocycles. The van der Waals surface area contributed by atoms with E-state index in [2.05, 4.69) is 10.2 Å². The van der Waals surface area contributed by atoms with Gasteiger partial charge in [-0.15, -0.1) is 0 Å². The molecule has 0 aliphatic carbocycles. The molecule has 0 fully saturated rings. The van der Waals surface area contributed by atoms with Crippen LogP contribution in [0, 0.1) is 0 Å². The molecule has 2 N–H and O–H groups in total. The largest absolute Gasteiger partial charge is 0.392 e. The number of H-pyrrole nitrogens is 1. The molecule has 1 rings (SSSR count). The van der Waals surface area contributed by atoms with Crippen molar-refractivity contribution in [3.63, 3.8) is 0 Å². The second-order valence-electron chi connectivity index (χ2n) is 3.92. The number of hydrogen-bond acceptors (Lipinski definition) is 5. The molecule has 1 aromatic rings. The molecule has 0 saturated carbocycles. The summed E-state index contributed by atoms with van der Waals surface area (Å²) < 4.78 is 26.1. The van der Waals surface area contributed by atoms with Crippen molar-refractivity contribution in [3.05, 3.63) is 11.8 Å². The van der Waals surface area contributed by atoms with E-state index in [1.54, 1.807) is 18.8 Å². The van der Waals surface area contributed by atoms with Crippen LogP contribution in [0.3, 0.4) is 0 Å². The van der Waals surface area contributed by atoms with E-state index in [1.165, 1.54) is 10.5 Å². The molecule has 6 nitrogen and oxygen atoms in total. The van der Waals surface area contributed by atoms with Gasteiger partial charge in [0.15, 0.2) is 5.03 Å². The van der Waals surface area contributed by atoms with Crippen LogP contribution in [0.15, 0.2) is 11.2 Å². The number of rotatable bonds is 7. The third-order valence-electron chi connectivity index (χ3n) is 2.83. The molecule has 0 radical (unpaired) electrons. The first-order chi connectivity index (χ1) is 8.48. The Kier molecular flexibility index (Phi) is 5.64. The Balaban J connectivity index is 3.06. The maximum absolute atomic E-state index is 12.4. The molecule has 1 unspecified atom stereocenters. The van der Waals surface area contributed by atoms with Gasteiger partial charge in [0, 0.05) is 24.4 Å². The predicted molar refractivity (Wildman–Crippen MR) is 71.9 cm³/mol. The summed E-state index contributed by atoms with van der Waals surface area (Å²) in [5.41, 5.74) is 0.292. The fourth-order valence-electron chi connectivity index (χ4n) is 1.65. The van der Waals surface area contributed by atoms with Gasteiger partial charge in [0.2, 0.25) is 0 Å². The highest BCUT2D eigenvalue weighted by molar-refractivity contribution is 7.98. The maximum Gasteiger partial charge on any atom is 0.260 e. The minimum Gasteiger partial charge on any atom is -0.392 e. The third-order valence-corrected chi connectivity index (χ3v) is 5.47. The van der Waals surface area contributed by atoms with Crippen molar-refractivity contribution >= 4 is 21.8 Å². The SMILES string of the molecule is CCC(CSC)N(C)S(=O)(=O)c1[nH]ncc1CO. The highest BCUT2D eigenvalue weighted by Crippen LogP contribution is 2.20. The van der Waals surface area contributed by atoms with Crippen LogP contribution in [0.2, 0.25) is 0 Å². The van der Waals surface area contributed by atoms with Crippen molar-refractivity contribution in [3.8, 4) is 0 Å². The Morgan fingerprint density at radius 2 is 2.28 bits per heavy atom. The van der Waals surface area contributed by atoms with Gasteiger partial charge in [-0.1, -0.05) is 6.92 Å². The normalized spacial score (nSPS) is 14.1. The van der Waals surface area contributed by atoms with Gasteiger partial charge in [0.1, 0.15) is 0 Å². The molecule has 1 aromatic heterocycles. The Morgan fingerprint density at radius 3 is 2.78 bits per heavy atom. The van der Waals surface area contributed by atoms with Gasteiger partial charge in [0.05, 0.1) is 12.8 Å². The van der Waals surface area contributed by atoms with Crippen molar-refractivity contribution in [2.45, 2.75) is 31.0 Å². The molecule has 0 aromatic carbocycles. The van der Waals surface area contributed by atoms with Crippen LogP contribution < -0.4 is 0 Å². The molecule has 1 atom stereocenters. The van der Waals surface area contributed by atoms with Gasteiger partial charge in [0.25, 0.3) is 10.0 Å². The predicted octanol–water partition coefficient (Wildman–Crippen LogP) is 0.664. The quantitative estimate of drug-likeness (QED) is 0.771. The number of hydrogen-bond donors (Lipinski definition) is 2. The zero-order valence-electron chi connectivity index (χ0n) is 10.8. The minimum absolute atomic E-state index is 0.0212. The summed E-state index contributed by atoms with van der Waals surface area (Å²) in [7, 11) is -2.07. The monoisotopic (exact) mass is 293 g/mol. The molecular formula is C10H19N3O3S2. The zero-order chi connectivity index (χ0) is 13.8. The van der Waals surface area contributed by atoms with Crippen LogP contribution in [0.1, 0.15) is 18.9 Å². The lowest BCUT2D eigenvalue weighted by atomic mass is 10.3. The van der Waals surface area contributed by atoms with E-state index < -0.39 is 10.0 Å². The minimum atomic E-state index is -3.63. The van der Waals surface area contributed by atoms with E-state index in [1.807, 2.05) is 13.2 Å². The number of aromatic amines is 1. The van der Waals surface area contributed by atoms with E-state index >= 15 is 0 Å². The summed E-state index contributed by atoms with van der Waals surface area (Å²) >= 11 is 1.60. The van der Waals surface area contributed by atoms with Gasteiger partial charge in [-0.2, -0.15) is 21.2 Å². The molecule has 18 heavy (non-hydrogen) atoms. The molecule has 0 amide bonds. The highest BCUT2D eigenvalue weighted by atomic mass is 32.2. The third kappa shape index (κ3) is 3.05. The average Bonchev–Trinajstić information content (AvgIpc) is 2.84. The molecule has 0 spiro atoms. The number of aliphatic hydroxyl groups excluding tert-OH is 1. The fourth-order valence-corrected chi connectivity index (χ4v) is 4.11. The lowest BCUT2D eigenvalue weighted by Gasteiger charge is -2.25. The molecule has 0 aliphatic rings. The average molecular weight is 293 g/mol. The number of aromatic nitrogens is 2. The number of aliphatic hydroxyl groups is 1.